The van der Waals surface area contributed by atoms with Gasteiger partial charge in [-0.05, 0) is 33.4 Å². The van der Waals surface area contributed by atoms with Crippen LogP contribution in [0.4, 0.5) is 0 Å². The van der Waals surface area contributed by atoms with E-state index < -0.39 is 61.4 Å². The number of ether oxygens (including phenoxy) is 9. The third kappa shape index (κ3) is 13.5. The van der Waals surface area contributed by atoms with Gasteiger partial charge in [0.25, 0.3) is 0 Å². The lowest BCUT2D eigenvalue weighted by Crippen LogP contribution is -2.63. The van der Waals surface area contributed by atoms with E-state index in [2.05, 4.69) is 0 Å². The molecule has 0 aliphatic carbocycles. The zero-order valence-corrected chi connectivity index (χ0v) is 36.3. The van der Waals surface area contributed by atoms with Gasteiger partial charge in [-0.1, -0.05) is 182 Å². The Morgan fingerprint density at radius 1 is 0.323 bits per heavy atom. The monoisotopic (exact) mass is 882 g/mol. The average molecular weight is 883 g/mol. The Balaban J connectivity index is 1.07. The molecule has 0 unspecified atom stereocenters. The van der Waals surface area contributed by atoms with Crippen molar-refractivity contribution in [3.05, 3.63) is 215 Å². The van der Waals surface area contributed by atoms with Crippen LogP contribution >= 0.6 is 0 Å². The summed E-state index contributed by atoms with van der Waals surface area (Å²) in [6.45, 7) is 1.30. The number of aliphatic hydroxyl groups is 2. The molecular weight excluding hydrogens is 825 g/mol. The normalized spacial score (nSPS) is 25.6. The largest absolute Gasteiger partial charge is 0.387 e. The van der Waals surface area contributed by atoms with E-state index in [1.807, 2.05) is 182 Å². The minimum absolute atomic E-state index is 0.0454. The molecule has 0 saturated carbocycles. The van der Waals surface area contributed by atoms with Crippen molar-refractivity contribution in [1.82, 2.24) is 0 Å². The predicted molar refractivity (Wildman–Crippen MR) is 243 cm³/mol. The van der Waals surface area contributed by atoms with Gasteiger partial charge in [-0.25, -0.2) is 0 Å². The van der Waals surface area contributed by atoms with E-state index in [-0.39, 0.29) is 46.2 Å². The van der Waals surface area contributed by atoms with Crippen molar-refractivity contribution in [3.8, 4) is 0 Å². The van der Waals surface area contributed by atoms with E-state index in [1.54, 1.807) is 0 Å². The van der Waals surface area contributed by atoms with Gasteiger partial charge >= 0.3 is 0 Å². The molecule has 11 nitrogen and oxygen atoms in total. The highest BCUT2D eigenvalue weighted by atomic mass is 16.7. The summed E-state index contributed by atoms with van der Waals surface area (Å²) in [7, 11) is 0. The molecule has 10 atom stereocenters. The smallest absolute Gasteiger partial charge is 0.187 e. The minimum Gasteiger partial charge on any atom is -0.387 e. The lowest BCUT2D eigenvalue weighted by molar-refractivity contribution is -0.346. The fourth-order valence-electron chi connectivity index (χ4n) is 8.02. The van der Waals surface area contributed by atoms with Crippen molar-refractivity contribution in [2.24, 2.45) is 0 Å². The minimum atomic E-state index is -1.41. The van der Waals surface area contributed by atoms with Crippen molar-refractivity contribution < 1.29 is 52.8 Å². The summed E-state index contributed by atoms with van der Waals surface area (Å²) in [6.07, 6.45) is -9.73. The SMILES string of the molecule is O[C@H]1[C@H](OCc2ccccc2)[C@@H](OCc2ccccc2)[C@@H](OC[C@H]2O[C@H](O)[C@@H](OCc3ccccc3)[C@@H](OCc3ccccc3)[C@@H]2OCc2ccccc2)O[C@@H]1COCc1ccccc1. The molecule has 6 aromatic carbocycles. The third-order valence-electron chi connectivity index (χ3n) is 11.5. The van der Waals surface area contributed by atoms with Gasteiger partial charge in [0.2, 0.25) is 0 Å². The van der Waals surface area contributed by atoms with Crippen LogP contribution in [0.2, 0.25) is 0 Å². The maximum atomic E-state index is 12.0. The van der Waals surface area contributed by atoms with Crippen LogP contribution in [-0.4, -0.2) is 84.8 Å². The van der Waals surface area contributed by atoms with Crippen LogP contribution in [0.1, 0.15) is 33.4 Å². The van der Waals surface area contributed by atoms with Gasteiger partial charge in [-0.15, -0.1) is 0 Å². The quantitative estimate of drug-likeness (QED) is 0.0691. The molecule has 0 aromatic heterocycles. The fourth-order valence-corrected chi connectivity index (χ4v) is 8.02. The molecule has 340 valence electrons. The van der Waals surface area contributed by atoms with E-state index in [0.29, 0.717) is 6.61 Å². The molecule has 0 amide bonds. The first-order valence-electron chi connectivity index (χ1n) is 22.3. The molecule has 2 saturated heterocycles. The molecule has 2 N–H and O–H groups in total. The van der Waals surface area contributed by atoms with Gasteiger partial charge in [0.1, 0.15) is 48.8 Å². The van der Waals surface area contributed by atoms with Crippen LogP contribution in [-0.2, 0) is 82.3 Å². The van der Waals surface area contributed by atoms with E-state index in [1.165, 1.54) is 0 Å². The molecule has 2 fully saturated rings. The molecule has 2 aliphatic rings. The predicted octanol–water partition coefficient (Wildman–Crippen LogP) is 7.95. The molecule has 6 aromatic rings. The molecule has 2 heterocycles. The highest BCUT2D eigenvalue weighted by Crippen LogP contribution is 2.33. The van der Waals surface area contributed by atoms with Crippen LogP contribution in [0.5, 0.6) is 0 Å². The van der Waals surface area contributed by atoms with Gasteiger partial charge in [0.05, 0.1) is 52.9 Å². The van der Waals surface area contributed by atoms with Crippen molar-refractivity contribution in [3.63, 3.8) is 0 Å². The van der Waals surface area contributed by atoms with Crippen molar-refractivity contribution in [2.45, 2.75) is 101 Å². The summed E-state index contributed by atoms with van der Waals surface area (Å²) in [5.74, 6) is 0. The van der Waals surface area contributed by atoms with Gasteiger partial charge in [0.15, 0.2) is 12.6 Å². The fraction of sp³-hybridized carbons (Fsp3) is 0.333. The highest BCUT2D eigenvalue weighted by Gasteiger charge is 2.51. The van der Waals surface area contributed by atoms with Gasteiger partial charge in [0, 0.05) is 0 Å². The Kier molecular flexibility index (Phi) is 17.4. The molecular formula is C54H58O11. The third-order valence-corrected chi connectivity index (χ3v) is 11.5. The second-order valence-corrected chi connectivity index (χ2v) is 16.2. The van der Waals surface area contributed by atoms with Crippen molar-refractivity contribution in [2.75, 3.05) is 13.2 Å². The summed E-state index contributed by atoms with van der Waals surface area (Å²) in [5, 5.41) is 23.8. The standard InChI is InChI=1S/C54H58O11/c55-47-45(37-57-31-39-19-7-1-8-20-39)65-54(52(62-36-44-29-17-6-18-30-44)49(47)59-33-41-23-11-3-12-24-41)63-38-46-48(58-32-40-21-9-2-10-22-40)50(60-34-42-25-13-4-14-26-42)51(53(56)64-46)61-35-43-27-15-5-16-28-43/h1-30,45-56H,31-38H2/t45-,46-,47-,48-,49+,50+,51+,52-,53+,54+/m1/s1. The molecule has 0 bridgehead atoms. The maximum absolute atomic E-state index is 12.0. The van der Waals surface area contributed by atoms with Crippen LogP contribution in [0.15, 0.2) is 182 Å². The van der Waals surface area contributed by atoms with E-state index in [0.717, 1.165) is 33.4 Å². The van der Waals surface area contributed by atoms with Gasteiger partial charge in [-0.2, -0.15) is 0 Å². The van der Waals surface area contributed by atoms with Gasteiger partial charge in [-0.3, -0.25) is 0 Å². The molecule has 0 spiro atoms. The summed E-state index contributed by atoms with van der Waals surface area (Å²) < 4.78 is 59.0. The zero-order valence-electron chi connectivity index (χ0n) is 36.3. The Morgan fingerprint density at radius 3 is 1.11 bits per heavy atom. The van der Waals surface area contributed by atoms with Crippen molar-refractivity contribution in [1.29, 1.82) is 0 Å². The average Bonchev–Trinajstić information content (AvgIpc) is 3.36. The van der Waals surface area contributed by atoms with Crippen LogP contribution < -0.4 is 0 Å². The number of hydrogen-bond acceptors (Lipinski definition) is 11. The van der Waals surface area contributed by atoms with Crippen LogP contribution in [0, 0.1) is 0 Å². The summed E-state index contributed by atoms with van der Waals surface area (Å²) >= 11 is 0. The first-order valence-corrected chi connectivity index (χ1v) is 22.3. The first-order chi connectivity index (χ1) is 32.1. The van der Waals surface area contributed by atoms with Crippen molar-refractivity contribution >= 4 is 0 Å². The lowest BCUT2D eigenvalue weighted by Gasteiger charge is -2.46. The second-order valence-electron chi connectivity index (χ2n) is 16.2. The van der Waals surface area contributed by atoms with E-state index >= 15 is 0 Å². The number of benzene rings is 6. The first kappa shape index (κ1) is 46.4. The molecule has 0 radical (unpaired) electrons. The molecule has 8 rings (SSSR count). The Bertz CT molecular complexity index is 2210. The summed E-state index contributed by atoms with van der Waals surface area (Å²) in [6, 6.07) is 58.7. The lowest BCUT2D eigenvalue weighted by atomic mass is 9.97. The Labute approximate surface area is 381 Å². The zero-order chi connectivity index (χ0) is 44.5. The number of rotatable bonds is 22. The number of hydrogen-bond donors (Lipinski definition) is 2. The van der Waals surface area contributed by atoms with E-state index in [9.17, 15) is 10.2 Å². The molecule has 65 heavy (non-hydrogen) atoms. The second kappa shape index (κ2) is 24.4. The summed E-state index contributed by atoms with van der Waals surface area (Å²) in [5.41, 5.74) is 5.64. The molecule has 2 aliphatic heterocycles. The number of aliphatic hydroxyl groups excluding tert-OH is 2. The van der Waals surface area contributed by atoms with Crippen LogP contribution in [0.3, 0.4) is 0 Å². The molecule has 11 heteroatoms. The maximum Gasteiger partial charge on any atom is 0.187 e. The van der Waals surface area contributed by atoms with E-state index in [4.69, 9.17) is 42.6 Å². The van der Waals surface area contributed by atoms with Crippen LogP contribution in [0.25, 0.3) is 0 Å². The Morgan fingerprint density at radius 2 is 0.677 bits per heavy atom. The Hall–Kier alpha value is -5.12. The highest BCUT2D eigenvalue weighted by molar-refractivity contribution is 5.18. The topological polar surface area (TPSA) is 124 Å². The summed E-state index contributed by atoms with van der Waals surface area (Å²) in [4.78, 5) is 0. The van der Waals surface area contributed by atoms with Gasteiger partial charge < -0.3 is 52.8 Å².